The predicted octanol–water partition coefficient (Wildman–Crippen LogP) is 2.63. The van der Waals surface area contributed by atoms with Gasteiger partial charge in [-0.3, -0.25) is 4.79 Å². The molecule has 1 aromatic rings. The van der Waals surface area contributed by atoms with Crippen molar-refractivity contribution in [1.29, 1.82) is 0 Å². The molecule has 0 radical (unpaired) electrons. The van der Waals surface area contributed by atoms with Crippen LogP contribution in [0.1, 0.15) is 36.6 Å². The molecule has 0 saturated heterocycles. The van der Waals surface area contributed by atoms with Gasteiger partial charge in [-0.1, -0.05) is 44.5 Å². The summed E-state index contributed by atoms with van der Waals surface area (Å²) in [4.78, 5) is 23.8. The van der Waals surface area contributed by atoms with E-state index in [4.69, 9.17) is 0 Å². The molecule has 1 aliphatic rings. The molecule has 4 nitrogen and oxygen atoms in total. The molecule has 3 atom stereocenters. The van der Waals surface area contributed by atoms with Crippen molar-refractivity contribution >= 4 is 23.6 Å². The molecule has 0 aromatic heterocycles. The van der Waals surface area contributed by atoms with Crippen LogP contribution in [-0.4, -0.2) is 28.8 Å². The number of fused-ring (bicyclic) bond motifs is 1. The van der Waals surface area contributed by atoms with E-state index >= 15 is 0 Å². The van der Waals surface area contributed by atoms with E-state index < -0.39 is 12.0 Å². The van der Waals surface area contributed by atoms with Crippen LogP contribution < -0.4 is 5.32 Å². The number of aliphatic carboxylic acids is 1. The van der Waals surface area contributed by atoms with Gasteiger partial charge in [-0.05, 0) is 29.2 Å². The van der Waals surface area contributed by atoms with E-state index in [1.807, 2.05) is 38.1 Å². The Hall–Kier alpha value is -1.49. The number of aryl methyl sites for hydroxylation is 1. The molecule has 1 aliphatic heterocycles. The van der Waals surface area contributed by atoms with Crippen molar-refractivity contribution in [3.63, 3.8) is 0 Å². The number of nitrogens with one attached hydrogen (secondary N) is 1. The van der Waals surface area contributed by atoms with Crippen molar-refractivity contribution in [3.8, 4) is 0 Å². The first-order valence-electron chi connectivity index (χ1n) is 7.27. The fourth-order valence-corrected chi connectivity index (χ4v) is 3.73. The monoisotopic (exact) mass is 307 g/mol. The number of benzene rings is 1. The molecule has 0 spiro atoms. The maximum absolute atomic E-state index is 12.5. The van der Waals surface area contributed by atoms with E-state index in [9.17, 15) is 14.7 Å². The zero-order chi connectivity index (χ0) is 15.4. The van der Waals surface area contributed by atoms with E-state index in [1.54, 1.807) is 11.8 Å². The second kappa shape index (κ2) is 6.98. The second-order valence-corrected chi connectivity index (χ2v) is 6.62. The van der Waals surface area contributed by atoms with E-state index in [0.717, 1.165) is 17.7 Å². The molecule has 0 bridgehead atoms. The van der Waals surface area contributed by atoms with Gasteiger partial charge in [0.25, 0.3) is 0 Å². The third-order valence-corrected chi connectivity index (χ3v) is 5.25. The van der Waals surface area contributed by atoms with Crippen LogP contribution in [-0.2, 0) is 16.0 Å². The van der Waals surface area contributed by atoms with Crippen molar-refractivity contribution in [2.24, 2.45) is 5.92 Å². The first-order valence-corrected chi connectivity index (χ1v) is 8.32. The molecule has 21 heavy (non-hydrogen) atoms. The lowest BCUT2D eigenvalue weighted by atomic mass is 9.97. The van der Waals surface area contributed by atoms with Crippen LogP contribution in [0.4, 0.5) is 0 Å². The summed E-state index contributed by atoms with van der Waals surface area (Å²) in [5.74, 6) is -0.363. The van der Waals surface area contributed by atoms with Crippen LogP contribution in [0, 0.1) is 5.92 Å². The van der Waals surface area contributed by atoms with Crippen molar-refractivity contribution in [2.45, 2.75) is 38.0 Å². The van der Waals surface area contributed by atoms with Crippen molar-refractivity contribution in [1.82, 2.24) is 5.32 Å². The highest BCUT2D eigenvalue weighted by molar-refractivity contribution is 8.00. The number of hydrogen-bond donors (Lipinski definition) is 2. The molecular formula is C16H21NO3S. The maximum Gasteiger partial charge on any atom is 0.326 e. The summed E-state index contributed by atoms with van der Waals surface area (Å²) in [5.41, 5.74) is 2.20. The Morgan fingerprint density at radius 1 is 1.43 bits per heavy atom. The maximum atomic E-state index is 12.5. The van der Waals surface area contributed by atoms with Gasteiger partial charge in [0.15, 0.2) is 0 Å². The first kappa shape index (κ1) is 15.9. The van der Waals surface area contributed by atoms with Gasteiger partial charge in [0.2, 0.25) is 5.91 Å². The molecule has 1 amide bonds. The molecule has 2 N–H and O–H groups in total. The van der Waals surface area contributed by atoms with Gasteiger partial charge in [0, 0.05) is 0 Å². The Morgan fingerprint density at radius 2 is 2.14 bits per heavy atom. The molecule has 2 rings (SSSR count). The van der Waals surface area contributed by atoms with Crippen LogP contribution in [0.2, 0.25) is 0 Å². The van der Waals surface area contributed by atoms with E-state index in [-0.39, 0.29) is 17.1 Å². The summed E-state index contributed by atoms with van der Waals surface area (Å²) in [6, 6.07) is 7.08. The normalized spacial score (nSPS) is 20.2. The average molecular weight is 307 g/mol. The molecular weight excluding hydrogens is 286 g/mol. The Labute approximate surface area is 129 Å². The van der Waals surface area contributed by atoms with E-state index in [1.165, 1.54) is 5.56 Å². The SMILES string of the molecule is CCC(C)C(NC(=O)C1SCCc2ccccc21)C(=O)O. The molecule has 1 heterocycles. The second-order valence-electron chi connectivity index (χ2n) is 5.41. The number of carbonyl (C=O) groups excluding carboxylic acids is 1. The molecule has 5 heteroatoms. The summed E-state index contributed by atoms with van der Waals surface area (Å²) < 4.78 is 0. The number of thioether (sulfide) groups is 1. The van der Waals surface area contributed by atoms with E-state index in [0.29, 0.717) is 6.42 Å². The van der Waals surface area contributed by atoms with Crippen LogP contribution in [0.3, 0.4) is 0 Å². The topological polar surface area (TPSA) is 66.4 Å². The Balaban J connectivity index is 2.15. The van der Waals surface area contributed by atoms with Gasteiger partial charge in [-0.25, -0.2) is 4.79 Å². The van der Waals surface area contributed by atoms with E-state index in [2.05, 4.69) is 5.32 Å². The first-order chi connectivity index (χ1) is 10.0. The van der Waals surface area contributed by atoms with Crippen molar-refractivity contribution in [3.05, 3.63) is 35.4 Å². The molecule has 0 aliphatic carbocycles. The van der Waals surface area contributed by atoms with Crippen LogP contribution in [0.15, 0.2) is 24.3 Å². The molecule has 0 fully saturated rings. The van der Waals surface area contributed by atoms with Crippen LogP contribution >= 0.6 is 11.8 Å². The zero-order valence-electron chi connectivity index (χ0n) is 12.3. The van der Waals surface area contributed by atoms with Crippen molar-refractivity contribution < 1.29 is 14.7 Å². The fraction of sp³-hybridized carbons (Fsp3) is 0.500. The Bertz CT molecular complexity index is 532. The highest BCUT2D eigenvalue weighted by Crippen LogP contribution is 2.36. The average Bonchev–Trinajstić information content (AvgIpc) is 2.50. The minimum Gasteiger partial charge on any atom is -0.480 e. The van der Waals surface area contributed by atoms with Gasteiger partial charge < -0.3 is 10.4 Å². The Morgan fingerprint density at radius 3 is 2.81 bits per heavy atom. The van der Waals surface area contributed by atoms with Gasteiger partial charge in [-0.15, -0.1) is 11.8 Å². The Kier molecular flexibility index (Phi) is 5.28. The molecule has 1 aromatic carbocycles. The largest absolute Gasteiger partial charge is 0.480 e. The van der Waals surface area contributed by atoms with Gasteiger partial charge in [0.05, 0.1) is 0 Å². The summed E-state index contributed by atoms with van der Waals surface area (Å²) in [6.07, 6.45) is 1.67. The zero-order valence-corrected chi connectivity index (χ0v) is 13.2. The van der Waals surface area contributed by atoms with Gasteiger partial charge >= 0.3 is 5.97 Å². The number of carbonyl (C=O) groups is 2. The number of rotatable bonds is 5. The quantitative estimate of drug-likeness (QED) is 0.877. The predicted molar refractivity (Wildman–Crippen MR) is 84.4 cm³/mol. The summed E-state index contributed by atoms with van der Waals surface area (Å²) in [5, 5.41) is 11.7. The third kappa shape index (κ3) is 3.59. The molecule has 0 saturated carbocycles. The van der Waals surface area contributed by atoms with Gasteiger partial charge in [-0.2, -0.15) is 0 Å². The lowest BCUT2D eigenvalue weighted by Gasteiger charge is -2.27. The number of carboxylic acid groups (broad SMARTS) is 1. The fourth-order valence-electron chi connectivity index (χ4n) is 2.52. The molecule has 3 unspecified atom stereocenters. The lowest BCUT2D eigenvalue weighted by molar-refractivity contribution is -0.143. The highest BCUT2D eigenvalue weighted by Gasteiger charge is 2.31. The summed E-state index contributed by atoms with van der Waals surface area (Å²) in [6.45, 7) is 3.78. The number of amides is 1. The lowest BCUT2D eigenvalue weighted by Crippen LogP contribution is -2.46. The van der Waals surface area contributed by atoms with Crippen LogP contribution in [0.5, 0.6) is 0 Å². The smallest absolute Gasteiger partial charge is 0.326 e. The minimum absolute atomic E-state index is 0.0877. The van der Waals surface area contributed by atoms with Crippen LogP contribution in [0.25, 0.3) is 0 Å². The standard InChI is InChI=1S/C16H21NO3S/c1-3-10(2)13(16(19)20)17-15(18)14-12-7-5-4-6-11(12)8-9-21-14/h4-7,10,13-14H,3,8-9H2,1-2H3,(H,17,18)(H,19,20). The highest BCUT2D eigenvalue weighted by atomic mass is 32.2. The van der Waals surface area contributed by atoms with Crippen molar-refractivity contribution in [2.75, 3.05) is 5.75 Å². The van der Waals surface area contributed by atoms with Gasteiger partial charge in [0.1, 0.15) is 11.3 Å². The molecule has 114 valence electrons. The third-order valence-electron chi connectivity index (χ3n) is 4.01. The summed E-state index contributed by atoms with van der Waals surface area (Å²) in [7, 11) is 0. The minimum atomic E-state index is -0.966. The number of carboxylic acids is 1. The number of hydrogen-bond acceptors (Lipinski definition) is 3. The summed E-state index contributed by atoms with van der Waals surface area (Å²) >= 11 is 1.58.